The molecule has 1 aliphatic heterocycles. The molecule has 6 nitrogen and oxygen atoms in total. The summed E-state index contributed by atoms with van der Waals surface area (Å²) in [5.41, 5.74) is 5.41. The SMILES string of the molecule is Cc1cc(C)n(C)c(=O)c1CN1CCc2c(Cl)cc(-c3c(C)noc3C)c(Cl)c2C1=O. The van der Waals surface area contributed by atoms with Crippen molar-refractivity contribution in [2.24, 2.45) is 7.05 Å². The number of benzene rings is 1. The number of hydrogen-bond acceptors (Lipinski definition) is 4. The molecule has 0 fully saturated rings. The van der Waals surface area contributed by atoms with Gasteiger partial charge in [-0.05, 0) is 57.4 Å². The summed E-state index contributed by atoms with van der Waals surface area (Å²) in [5.74, 6) is 0.373. The van der Waals surface area contributed by atoms with Gasteiger partial charge in [-0.3, -0.25) is 9.59 Å². The first-order valence-electron chi connectivity index (χ1n) is 10.0. The molecule has 0 bridgehead atoms. The van der Waals surface area contributed by atoms with Gasteiger partial charge < -0.3 is 14.0 Å². The summed E-state index contributed by atoms with van der Waals surface area (Å²) in [6.45, 7) is 8.08. The molecule has 1 aliphatic rings. The van der Waals surface area contributed by atoms with Gasteiger partial charge in [0.05, 0.1) is 22.8 Å². The number of hydrogen-bond donors (Lipinski definition) is 0. The van der Waals surface area contributed by atoms with Crippen molar-refractivity contribution < 1.29 is 9.32 Å². The van der Waals surface area contributed by atoms with E-state index < -0.39 is 0 Å². The topological polar surface area (TPSA) is 68.3 Å². The third-order valence-electron chi connectivity index (χ3n) is 6.09. The monoisotopic (exact) mass is 459 g/mol. The van der Waals surface area contributed by atoms with Crippen molar-refractivity contribution in [3.05, 3.63) is 71.9 Å². The highest BCUT2D eigenvalue weighted by Gasteiger charge is 2.32. The number of carbonyl (C=O) groups is 1. The maximum Gasteiger partial charge on any atom is 0.256 e. The Morgan fingerprint density at radius 3 is 2.45 bits per heavy atom. The van der Waals surface area contributed by atoms with Gasteiger partial charge in [-0.15, -0.1) is 0 Å². The van der Waals surface area contributed by atoms with Gasteiger partial charge in [0, 0.05) is 41.0 Å². The molecule has 3 heterocycles. The van der Waals surface area contributed by atoms with Crippen LogP contribution in [0.4, 0.5) is 0 Å². The second kappa shape index (κ2) is 7.84. The van der Waals surface area contributed by atoms with Crippen LogP contribution in [0.5, 0.6) is 0 Å². The lowest BCUT2D eigenvalue weighted by Crippen LogP contribution is -2.40. The molecule has 0 saturated heterocycles. The van der Waals surface area contributed by atoms with Gasteiger partial charge in [0.25, 0.3) is 11.5 Å². The Morgan fingerprint density at radius 2 is 1.81 bits per heavy atom. The number of rotatable bonds is 3. The van der Waals surface area contributed by atoms with E-state index in [0.717, 1.165) is 22.4 Å². The first-order valence-corrected chi connectivity index (χ1v) is 10.8. The molecule has 0 aliphatic carbocycles. The third kappa shape index (κ3) is 3.48. The van der Waals surface area contributed by atoms with E-state index in [1.54, 1.807) is 29.5 Å². The van der Waals surface area contributed by atoms with E-state index in [0.29, 0.717) is 51.2 Å². The van der Waals surface area contributed by atoms with Crippen LogP contribution in [0.25, 0.3) is 11.1 Å². The Hall–Kier alpha value is -2.57. The quantitative estimate of drug-likeness (QED) is 0.564. The van der Waals surface area contributed by atoms with Crippen LogP contribution >= 0.6 is 23.2 Å². The van der Waals surface area contributed by atoms with Crippen molar-refractivity contribution >= 4 is 29.1 Å². The molecule has 3 aromatic rings. The standard InChI is InChI=1S/C23H23Cl2N3O3/c1-11-8-12(2)27(5)22(29)17(11)10-28-7-6-15-18(24)9-16(21(25)20(15)23(28)30)19-13(3)26-31-14(19)4/h8-9H,6-7,10H2,1-5H3. The van der Waals surface area contributed by atoms with Gasteiger partial charge in [0.1, 0.15) is 5.76 Å². The fourth-order valence-electron chi connectivity index (χ4n) is 4.25. The number of halogens is 2. The zero-order chi connectivity index (χ0) is 22.6. The zero-order valence-corrected chi connectivity index (χ0v) is 19.6. The maximum atomic E-state index is 13.5. The molecule has 8 heteroatoms. The van der Waals surface area contributed by atoms with E-state index >= 15 is 0 Å². The third-order valence-corrected chi connectivity index (χ3v) is 6.82. The van der Waals surface area contributed by atoms with Crippen molar-refractivity contribution in [3.63, 3.8) is 0 Å². The van der Waals surface area contributed by atoms with E-state index in [1.165, 1.54) is 0 Å². The van der Waals surface area contributed by atoms with Crippen LogP contribution in [0.15, 0.2) is 21.5 Å². The molecular formula is C23H23Cl2N3O3. The first kappa shape index (κ1) is 21.7. The zero-order valence-electron chi connectivity index (χ0n) is 18.1. The number of aryl methyl sites for hydroxylation is 4. The van der Waals surface area contributed by atoms with Gasteiger partial charge in [0.15, 0.2) is 0 Å². The Morgan fingerprint density at radius 1 is 1.10 bits per heavy atom. The summed E-state index contributed by atoms with van der Waals surface area (Å²) in [5, 5.41) is 4.81. The van der Waals surface area contributed by atoms with Gasteiger partial charge in [-0.2, -0.15) is 0 Å². The highest BCUT2D eigenvalue weighted by atomic mass is 35.5. The molecule has 1 amide bonds. The van der Waals surface area contributed by atoms with Crippen LogP contribution < -0.4 is 5.56 Å². The summed E-state index contributed by atoms with van der Waals surface area (Å²) >= 11 is 13.3. The number of carbonyl (C=O) groups excluding carboxylic acids is 1. The lowest BCUT2D eigenvalue weighted by atomic mass is 9.92. The normalized spacial score (nSPS) is 13.6. The van der Waals surface area contributed by atoms with Crippen LogP contribution in [-0.2, 0) is 20.0 Å². The summed E-state index contributed by atoms with van der Waals surface area (Å²) in [7, 11) is 1.74. The minimum Gasteiger partial charge on any atom is -0.361 e. The van der Waals surface area contributed by atoms with Crippen LogP contribution in [0.2, 0.25) is 10.0 Å². The molecule has 0 spiro atoms. The van der Waals surface area contributed by atoms with Crippen LogP contribution in [0.1, 0.15) is 44.2 Å². The summed E-state index contributed by atoms with van der Waals surface area (Å²) < 4.78 is 6.88. The average molecular weight is 460 g/mol. The van der Waals surface area contributed by atoms with Crippen LogP contribution in [0.3, 0.4) is 0 Å². The number of fused-ring (bicyclic) bond motifs is 1. The molecule has 31 heavy (non-hydrogen) atoms. The van der Waals surface area contributed by atoms with E-state index in [-0.39, 0.29) is 18.0 Å². The molecule has 162 valence electrons. The smallest absolute Gasteiger partial charge is 0.256 e. The molecule has 0 radical (unpaired) electrons. The minimum atomic E-state index is -0.233. The van der Waals surface area contributed by atoms with Gasteiger partial charge in [-0.1, -0.05) is 28.4 Å². The molecule has 0 atom stereocenters. The Bertz CT molecular complexity index is 1270. The van der Waals surface area contributed by atoms with Crippen molar-refractivity contribution in [2.75, 3.05) is 6.54 Å². The molecular weight excluding hydrogens is 437 g/mol. The molecule has 2 aromatic heterocycles. The molecule has 0 saturated carbocycles. The van der Waals surface area contributed by atoms with Gasteiger partial charge in [0.2, 0.25) is 0 Å². The van der Waals surface area contributed by atoms with E-state index in [9.17, 15) is 9.59 Å². The van der Waals surface area contributed by atoms with Crippen molar-refractivity contribution in [3.8, 4) is 11.1 Å². The summed E-state index contributed by atoms with van der Waals surface area (Å²) in [6, 6.07) is 3.73. The molecule has 0 N–H and O–H groups in total. The number of pyridine rings is 1. The first-order chi connectivity index (χ1) is 14.6. The Kier molecular flexibility index (Phi) is 5.48. The lowest BCUT2D eigenvalue weighted by molar-refractivity contribution is 0.0726. The van der Waals surface area contributed by atoms with Gasteiger partial charge in [-0.25, -0.2) is 0 Å². The maximum absolute atomic E-state index is 13.5. The van der Waals surface area contributed by atoms with Crippen molar-refractivity contribution in [1.82, 2.24) is 14.6 Å². The van der Waals surface area contributed by atoms with Crippen LogP contribution in [0, 0.1) is 27.7 Å². The second-order valence-corrected chi connectivity index (χ2v) is 8.85. The Balaban J connectivity index is 1.80. The predicted molar refractivity (Wildman–Crippen MR) is 121 cm³/mol. The average Bonchev–Trinajstić information content (AvgIpc) is 3.05. The van der Waals surface area contributed by atoms with Gasteiger partial charge >= 0.3 is 0 Å². The lowest BCUT2D eigenvalue weighted by Gasteiger charge is -2.31. The summed E-state index contributed by atoms with van der Waals surface area (Å²) in [4.78, 5) is 28.0. The van der Waals surface area contributed by atoms with E-state index in [1.807, 2.05) is 26.8 Å². The second-order valence-electron chi connectivity index (χ2n) is 8.06. The fraction of sp³-hybridized carbons (Fsp3) is 0.348. The predicted octanol–water partition coefficient (Wildman–Crippen LogP) is 4.78. The van der Waals surface area contributed by atoms with E-state index in [4.69, 9.17) is 27.7 Å². The molecule has 1 aromatic carbocycles. The molecule has 0 unspecified atom stereocenters. The van der Waals surface area contributed by atoms with E-state index in [2.05, 4.69) is 5.16 Å². The van der Waals surface area contributed by atoms with Crippen molar-refractivity contribution in [1.29, 1.82) is 0 Å². The number of nitrogens with zero attached hydrogens (tertiary/aromatic N) is 3. The van der Waals surface area contributed by atoms with Crippen molar-refractivity contribution in [2.45, 2.75) is 40.7 Å². The summed E-state index contributed by atoms with van der Waals surface area (Å²) in [6.07, 6.45) is 0.562. The minimum absolute atomic E-state index is 0.0929. The largest absolute Gasteiger partial charge is 0.361 e. The highest BCUT2D eigenvalue weighted by Crippen LogP contribution is 2.41. The van der Waals surface area contributed by atoms with Crippen LogP contribution in [-0.4, -0.2) is 27.1 Å². The Labute approximate surface area is 190 Å². The number of amides is 1. The highest BCUT2D eigenvalue weighted by molar-refractivity contribution is 6.39. The number of aromatic nitrogens is 2. The molecule has 4 rings (SSSR count). The fourth-order valence-corrected chi connectivity index (χ4v) is 4.89.